The fraction of sp³-hybridized carbons (Fsp3) is 0.345. The number of benzene rings is 3. The minimum absolute atomic E-state index is 0.0348. The highest BCUT2D eigenvalue weighted by Crippen LogP contribution is 2.38. The van der Waals surface area contributed by atoms with E-state index < -0.39 is 41.2 Å². The average molecular weight is 499 g/mol. The molecule has 1 saturated carbocycles. The second-order valence-corrected chi connectivity index (χ2v) is 9.13. The molecule has 3 aromatic carbocycles. The third kappa shape index (κ3) is 5.57. The highest BCUT2D eigenvalue weighted by molar-refractivity contribution is 5.76. The summed E-state index contributed by atoms with van der Waals surface area (Å²) in [5, 5.41) is 9.62. The fourth-order valence-electron chi connectivity index (χ4n) is 4.67. The molecule has 0 radical (unpaired) electrons. The smallest absolute Gasteiger partial charge is 0.314 e. The van der Waals surface area contributed by atoms with Crippen molar-refractivity contribution in [3.63, 3.8) is 0 Å². The second-order valence-electron chi connectivity index (χ2n) is 9.13. The van der Waals surface area contributed by atoms with Gasteiger partial charge in [-0.25, -0.2) is 8.78 Å². The van der Waals surface area contributed by atoms with E-state index >= 15 is 0 Å². The van der Waals surface area contributed by atoms with Crippen LogP contribution in [-0.2, 0) is 4.79 Å². The van der Waals surface area contributed by atoms with Crippen LogP contribution < -0.4 is 9.47 Å². The lowest BCUT2D eigenvalue weighted by molar-refractivity contribution is -0.140. The molecule has 7 heteroatoms. The van der Waals surface area contributed by atoms with E-state index in [9.17, 15) is 23.1 Å². The molecule has 1 aliphatic carbocycles. The van der Waals surface area contributed by atoms with Crippen molar-refractivity contribution < 1.29 is 32.5 Å². The fourth-order valence-corrected chi connectivity index (χ4v) is 4.67. The number of ether oxygens (including phenoxy) is 2. The Bertz CT molecular complexity index is 1220. The lowest BCUT2D eigenvalue weighted by atomic mass is 9.78. The summed E-state index contributed by atoms with van der Waals surface area (Å²) >= 11 is 0. The van der Waals surface area contributed by atoms with Gasteiger partial charge in [-0.05, 0) is 86.4 Å². The van der Waals surface area contributed by atoms with Crippen LogP contribution in [-0.4, -0.2) is 17.7 Å². The van der Waals surface area contributed by atoms with Gasteiger partial charge in [-0.3, -0.25) is 4.79 Å². The van der Waals surface area contributed by atoms with Crippen molar-refractivity contribution >= 4 is 5.97 Å². The molecule has 1 unspecified atom stereocenters. The van der Waals surface area contributed by atoms with Gasteiger partial charge < -0.3 is 14.6 Å². The quantitative estimate of drug-likeness (QED) is 0.279. The third-order valence-electron chi connectivity index (χ3n) is 6.75. The maximum absolute atomic E-state index is 14.8. The van der Waals surface area contributed by atoms with Crippen molar-refractivity contribution in [2.75, 3.05) is 6.61 Å². The van der Waals surface area contributed by atoms with Gasteiger partial charge in [-0.15, -0.1) is 0 Å². The summed E-state index contributed by atoms with van der Waals surface area (Å²) in [5.74, 6) is -3.90. The minimum atomic E-state index is -1.22. The summed E-state index contributed by atoms with van der Waals surface area (Å²) < 4.78 is 54.3. The predicted octanol–water partition coefficient (Wildman–Crippen LogP) is 7.10. The van der Waals surface area contributed by atoms with Crippen molar-refractivity contribution in [3.05, 3.63) is 83.2 Å². The molecule has 1 fully saturated rings. The van der Waals surface area contributed by atoms with Gasteiger partial charge in [-0.2, -0.15) is 4.39 Å². The van der Waals surface area contributed by atoms with Crippen molar-refractivity contribution in [1.82, 2.24) is 0 Å². The van der Waals surface area contributed by atoms with Crippen molar-refractivity contribution in [2.45, 2.75) is 51.6 Å². The molecule has 36 heavy (non-hydrogen) atoms. The molecule has 0 aliphatic heterocycles. The minimum Gasteiger partial charge on any atom is -0.491 e. The molecule has 0 saturated heterocycles. The SMILES string of the molecule is CCOc1ccc(C2CCC(C(=O)Oc3ccc(-c4ccc(C(C)O)cc4)c(F)c3F)CC2)cc1F. The highest BCUT2D eigenvalue weighted by Gasteiger charge is 2.30. The third-order valence-corrected chi connectivity index (χ3v) is 6.75. The van der Waals surface area contributed by atoms with Crippen LogP contribution in [0.2, 0.25) is 0 Å². The van der Waals surface area contributed by atoms with Crippen LogP contribution in [0.5, 0.6) is 11.5 Å². The lowest BCUT2D eigenvalue weighted by Crippen LogP contribution is -2.25. The Hall–Kier alpha value is -3.32. The Morgan fingerprint density at radius 3 is 2.22 bits per heavy atom. The lowest BCUT2D eigenvalue weighted by Gasteiger charge is -2.27. The molecule has 1 N–H and O–H groups in total. The van der Waals surface area contributed by atoms with E-state index in [4.69, 9.17) is 9.47 Å². The monoisotopic (exact) mass is 498 g/mol. The Morgan fingerprint density at radius 1 is 0.944 bits per heavy atom. The number of hydrogen-bond acceptors (Lipinski definition) is 4. The molecule has 0 bridgehead atoms. The molecule has 1 aliphatic rings. The Morgan fingerprint density at radius 2 is 1.61 bits per heavy atom. The van der Waals surface area contributed by atoms with E-state index in [1.165, 1.54) is 18.2 Å². The molecule has 0 amide bonds. The van der Waals surface area contributed by atoms with E-state index in [2.05, 4.69) is 0 Å². The molecule has 1 atom stereocenters. The summed E-state index contributed by atoms with van der Waals surface area (Å²) in [7, 11) is 0. The zero-order valence-corrected chi connectivity index (χ0v) is 20.3. The number of carbonyl (C=O) groups excluding carboxylic acids is 1. The summed E-state index contributed by atoms with van der Waals surface area (Å²) in [6.07, 6.45) is 1.67. The number of esters is 1. The molecule has 0 heterocycles. The number of hydrogen-bond donors (Lipinski definition) is 1. The zero-order valence-electron chi connectivity index (χ0n) is 20.3. The van der Waals surface area contributed by atoms with E-state index in [1.807, 2.05) is 6.07 Å². The second kappa shape index (κ2) is 11.2. The first-order valence-corrected chi connectivity index (χ1v) is 12.2. The largest absolute Gasteiger partial charge is 0.491 e. The Labute approximate surface area is 208 Å². The van der Waals surface area contributed by atoms with Crippen molar-refractivity contribution in [1.29, 1.82) is 0 Å². The molecule has 0 spiro atoms. The van der Waals surface area contributed by atoms with Crippen LogP contribution in [0.25, 0.3) is 11.1 Å². The van der Waals surface area contributed by atoms with Gasteiger partial charge in [0.05, 0.1) is 18.6 Å². The topological polar surface area (TPSA) is 55.8 Å². The predicted molar refractivity (Wildman–Crippen MR) is 130 cm³/mol. The van der Waals surface area contributed by atoms with Crippen LogP contribution in [0.4, 0.5) is 13.2 Å². The standard InChI is InChI=1S/C29H29F3O4/c1-3-35-25-14-12-22(16-24(25)30)19-6-10-21(11-7-19)29(34)36-26-15-13-23(27(31)28(26)32)20-8-4-18(5-9-20)17(2)33/h4-5,8-9,12-17,19,21,33H,3,6-7,10-11H2,1-2H3. The molecule has 3 aromatic rings. The first-order valence-electron chi connectivity index (χ1n) is 12.2. The highest BCUT2D eigenvalue weighted by atomic mass is 19.2. The van der Waals surface area contributed by atoms with E-state index in [0.29, 0.717) is 43.4 Å². The summed E-state index contributed by atoms with van der Waals surface area (Å²) in [6, 6.07) is 14.0. The normalized spacial score (nSPS) is 18.5. The summed E-state index contributed by atoms with van der Waals surface area (Å²) in [6.45, 7) is 3.79. The zero-order chi connectivity index (χ0) is 25.8. The summed E-state index contributed by atoms with van der Waals surface area (Å²) in [4.78, 5) is 12.7. The molecule has 0 aromatic heterocycles. The maximum atomic E-state index is 14.8. The van der Waals surface area contributed by atoms with Crippen LogP contribution in [0.1, 0.15) is 62.7 Å². The van der Waals surface area contributed by atoms with Crippen molar-refractivity contribution in [2.24, 2.45) is 5.92 Å². The average Bonchev–Trinajstić information content (AvgIpc) is 2.88. The molecular weight excluding hydrogens is 469 g/mol. The number of halogens is 3. The van der Waals surface area contributed by atoms with Gasteiger partial charge in [0, 0.05) is 5.56 Å². The van der Waals surface area contributed by atoms with Gasteiger partial charge in [0.2, 0.25) is 5.82 Å². The molecule has 4 rings (SSSR count). The number of aliphatic hydroxyl groups excluding tert-OH is 1. The van der Waals surface area contributed by atoms with Gasteiger partial charge in [-0.1, -0.05) is 30.3 Å². The molecule has 4 nitrogen and oxygen atoms in total. The van der Waals surface area contributed by atoms with E-state index in [-0.39, 0.29) is 17.2 Å². The number of rotatable bonds is 7. The number of aliphatic hydroxyl groups is 1. The summed E-state index contributed by atoms with van der Waals surface area (Å²) in [5.41, 5.74) is 1.99. The van der Waals surface area contributed by atoms with E-state index in [1.54, 1.807) is 44.2 Å². The van der Waals surface area contributed by atoms with Gasteiger partial charge >= 0.3 is 5.97 Å². The van der Waals surface area contributed by atoms with Crippen molar-refractivity contribution in [3.8, 4) is 22.6 Å². The van der Waals surface area contributed by atoms with Gasteiger partial charge in [0.25, 0.3) is 0 Å². The number of carbonyl (C=O) groups is 1. The van der Waals surface area contributed by atoms with Crippen LogP contribution >= 0.6 is 0 Å². The first kappa shape index (κ1) is 25.8. The van der Waals surface area contributed by atoms with Gasteiger partial charge in [0.1, 0.15) is 0 Å². The van der Waals surface area contributed by atoms with Crippen LogP contribution in [0, 0.1) is 23.4 Å². The van der Waals surface area contributed by atoms with Crippen LogP contribution in [0.15, 0.2) is 54.6 Å². The molecular formula is C29H29F3O4. The van der Waals surface area contributed by atoms with Crippen LogP contribution in [0.3, 0.4) is 0 Å². The Kier molecular flexibility index (Phi) is 7.99. The van der Waals surface area contributed by atoms with E-state index in [0.717, 1.165) is 5.56 Å². The molecule has 190 valence electrons. The maximum Gasteiger partial charge on any atom is 0.314 e. The van der Waals surface area contributed by atoms with Gasteiger partial charge in [0.15, 0.2) is 23.1 Å². The Balaban J connectivity index is 1.39. The first-order chi connectivity index (χ1) is 17.3.